The average molecular weight is 371 g/mol. The number of hydrogen-bond acceptors (Lipinski definition) is 4. The fourth-order valence-corrected chi connectivity index (χ4v) is 2.97. The molecule has 2 rings (SSSR count). The molecule has 0 aliphatic heterocycles. The molecule has 0 aliphatic carbocycles. The smallest absolute Gasteiger partial charge is 0.330 e. The number of carboxylic acid groups (broad SMARTS) is 1. The molecular formula is C21H25NO5. The lowest BCUT2D eigenvalue weighted by atomic mass is 10.0. The molecule has 0 saturated carbocycles. The van der Waals surface area contributed by atoms with Gasteiger partial charge < -0.3 is 19.9 Å². The number of rotatable bonds is 8. The maximum Gasteiger partial charge on any atom is 0.330 e. The van der Waals surface area contributed by atoms with Crippen molar-refractivity contribution in [2.75, 3.05) is 14.2 Å². The van der Waals surface area contributed by atoms with E-state index >= 15 is 0 Å². The van der Waals surface area contributed by atoms with Crippen LogP contribution >= 0.6 is 0 Å². The van der Waals surface area contributed by atoms with Crippen LogP contribution in [-0.4, -0.2) is 31.2 Å². The van der Waals surface area contributed by atoms with Gasteiger partial charge in [-0.3, -0.25) is 4.79 Å². The van der Waals surface area contributed by atoms with Gasteiger partial charge >= 0.3 is 5.97 Å². The van der Waals surface area contributed by atoms with E-state index in [0.717, 1.165) is 16.7 Å². The molecule has 0 saturated heterocycles. The highest BCUT2D eigenvalue weighted by Gasteiger charge is 2.22. The van der Waals surface area contributed by atoms with E-state index in [-0.39, 0.29) is 12.3 Å². The van der Waals surface area contributed by atoms with Crippen molar-refractivity contribution in [2.45, 2.75) is 32.7 Å². The van der Waals surface area contributed by atoms with Gasteiger partial charge in [-0.05, 0) is 43.5 Å². The zero-order valence-corrected chi connectivity index (χ0v) is 16.0. The number of nitrogens with one attached hydrogen (secondary N) is 1. The standard InChI is InChI=1S/C21H25NO5/c1-13-7-14(2)9-16(8-13)20(21(24)25)22-19(23)6-5-15-10-17(26-3)12-18(11-15)27-4/h7-12,20H,5-6H2,1-4H3,(H,22,23)(H,24,25). The maximum atomic E-state index is 12.3. The summed E-state index contributed by atoms with van der Waals surface area (Å²) in [7, 11) is 3.12. The van der Waals surface area contributed by atoms with Gasteiger partial charge in [0.1, 0.15) is 11.5 Å². The number of methoxy groups -OCH3 is 2. The second kappa shape index (κ2) is 9.07. The summed E-state index contributed by atoms with van der Waals surface area (Å²) in [6, 6.07) is 9.85. The quantitative estimate of drug-likeness (QED) is 0.744. The molecule has 0 fully saturated rings. The lowest BCUT2D eigenvalue weighted by molar-refractivity contribution is -0.142. The topological polar surface area (TPSA) is 84.9 Å². The molecule has 2 aromatic rings. The zero-order valence-electron chi connectivity index (χ0n) is 16.0. The molecule has 1 atom stereocenters. The number of aryl methyl sites for hydroxylation is 3. The average Bonchev–Trinajstić information content (AvgIpc) is 2.62. The van der Waals surface area contributed by atoms with E-state index in [1.807, 2.05) is 32.0 Å². The highest BCUT2D eigenvalue weighted by Crippen LogP contribution is 2.23. The third-order valence-electron chi connectivity index (χ3n) is 4.18. The number of amides is 1. The van der Waals surface area contributed by atoms with Gasteiger partial charge in [-0.25, -0.2) is 4.79 Å². The van der Waals surface area contributed by atoms with Crippen molar-refractivity contribution >= 4 is 11.9 Å². The van der Waals surface area contributed by atoms with Crippen LogP contribution in [0.15, 0.2) is 36.4 Å². The van der Waals surface area contributed by atoms with Crippen LogP contribution in [0.25, 0.3) is 0 Å². The number of benzene rings is 2. The Morgan fingerprint density at radius 3 is 2.00 bits per heavy atom. The second-order valence-electron chi connectivity index (χ2n) is 6.48. The Labute approximate surface area is 159 Å². The number of carbonyl (C=O) groups is 2. The summed E-state index contributed by atoms with van der Waals surface area (Å²) in [5.41, 5.74) is 3.35. The molecule has 0 heterocycles. The minimum atomic E-state index is -1.09. The first-order valence-electron chi connectivity index (χ1n) is 8.64. The highest BCUT2D eigenvalue weighted by molar-refractivity contribution is 5.84. The molecule has 0 bridgehead atoms. The molecule has 0 radical (unpaired) electrons. The molecule has 27 heavy (non-hydrogen) atoms. The summed E-state index contributed by atoms with van der Waals surface area (Å²) < 4.78 is 10.4. The lowest BCUT2D eigenvalue weighted by Crippen LogP contribution is -2.34. The summed E-state index contributed by atoms with van der Waals surface area (Å²) >= 11 is 0. The molecule has 1 unspecified atom stereocenters. The first-order chi connectivity index (χ1) is 12.8. The number of hydrogen-bond donors (Lipinski definition) is 2. The molecule has 6 nitrogen and oxygen atoms in total. The molecule has 0 aromatic heterocycles. The molecule has 0 aliphatic rings. The van der Waals surface area contributed by atoms with Crippen LogP contribution < -0.4 is 14.8 Å². The zero-order chi connectivity index (χ0) is 20.0. The molecule has 144 valence electrons. The van der Waals surface area contributed by atoms with Crippen LogP contribution in [-0.2, 0) is 16.0 Å². The highest BCUT2D eigenvalue weighted by atomic mass is 16.5. The predicted octanol–water partition coefficient (Wildman–Crippen LogP) is 3.20. The van der Waals surface area contributed by atoms with Gasteiger partial charge in [0.05, 0.1) is 14.2 Å². The molecular weight excluding hydrogens is 346 g/mol. The van der Waals surface area contributed by atoms with Crippen LogP contribution in [0.1, 0.15) is 34.7 Å². The lowest BCUT2D eigenvalue weighted by Gasteiger charge is -2.16. The predicted molar refractivity (Wildman–Crippen MR) is 102 cm³/mol. The summed E-state index contributed by atoms with van der Waals surface area (Å²) in [5, 5.41) is 12.1. The van der Waals surface area contributed by atoms with Gasteiger partial charge in [0.2, 0.25) is 5.91 Å². The van der Waals surface area contributed by atoms with Crippen LogP contribution in [0.4, 0.5) is 0 Å². The maximum absolute atomic E-state index is 12.3. The largest absolute Gasteiger partial charge is 0.497 e. The van der Waals surface area contributed by atoms with Crippen LogP contribution in [0, 0.1) is 13.8 Å². The Hall–Kier alpha value is -3.02. The third-order valence-corrected chi connectivity index (χ3v) is 4.18. The minimum Gasteiger partial charge on any atom is -0.497 e. The Morgan fingerprint density at radius 1 is 0.963 bits per heavy atom. The van der Waals surface area contributed by atoms with Gasteiger partial charge in [0.15, 0.2) is 6.04 Å². The number of ether oxygens (including phenoxy) is 2. The van der Waals surface area contributed by atoms with Crippen LogP contribution in [0.3, 0.4) is 0 Å². The summed E-state index contributed by atoms with van der Waals surface area (Å²) in [6.07, 6.45) is 0.601. The normalized spacial score (nSPS) is 11.6. The Morgan fingerprint density at radius 2 is 1.52 bits per heavy atom. The van der Waals surface area contributed by atoms with Crippen molar-refractivity contribution in [2.24, 2.45) is 0 Å². The Kier molecular flexibility index (Phi) is 6.82. The van der Waals surface area contributed by atoms with Crippen molar-refractivity contribution in [3.63, 3.8) is 0 Å². The van der Waals surface area contributed by atoms with E-state index in [9.17, 15) is 14.7 Å². The van der Waals surface area contributed by atoms with Crippen molar-refractivity contribution in [1.29, 1.82) is 0 Å². The summed E-state index contributed by atoms with van der Waals surface area (Å²) in [4.78, 5) is 24.0. The molecule has 6 heteroatoms. The van der Waals surface area contributed by atoms with E-state index < -0.39 is 12.0 Å². The molecule has 2 aromatic carbocycles. The number of aliphatic carboxylic acids is 1. The fourth-order valence-electron chi connectivity index (χ4n) is 2.97. The Bertz CT molecular complexity index is 789. The second-order valence-corrected chi connectivity index (χ2v) is 6.48. The number of carboxylic acids is 1. The minimum absolute atomic E-state index is 0.158. The first kappa shape index (κ1) is 20.3. The van der Waals surface area contributed by atoms with E-state index in [4.69, 9.17) is 9.47 Å². The summed E-state index contributed by atoms with van der Waals surface area (Å²) in [5.74, 6) is -0.133. The van der Waals surface area contributed by atoms with Crippen molar-refractivity contribution in [3.8, 4) is 11.5 Å². The van der Waals surface area contributed by atoms with Gasteiger partial charge in [0, 0.05) is 12.5 Å². The fraction of sp³-hybridized carbons (Fsp3) is 0.333. The summed E-state index contributed by atoms with van der Waals surface area (Å²) in [6.45, 7) is 3.79. The monoisotopic (exact) mass is 371 g/mol. The molecule has 2 N–H and O–H groups in total. The van der Waals surface area contributed by atoms with Gasteiger partial charge in [-0.1, -0.05) is 29.3 Å². The molecule has 1 amide bonds. The van der Waals surface area contributed by atoms with Crippen LogP contribution in [0.2, 0.25) is 0 Å². The van der Waals surface area contributed by atoms with Crippen molar-refractivity contribution < 1.29 is 24.2 Å². The van der Waals surface area contributed by atoms with E-state index in [1.165, 1.54) is 0 Å². The Balaban J connectivity index is 2.07. The molecule has 0 spiro atoms. The number of carbonyl (C=O) groups excluding carboxylic acids is 1. The van der Waals surface area contributed by atoms with E-state index in [1.54, 1.807) is 32.4 Å². The van der Waals surface area contributed by atoms with Gasteiger partial charge in [0.25, 0.3) is 0 Å². The van der Waals surface area contributed by atoms with Crippen molar-refractivity contribution in [1.82, 2.24) is 5.32 Å². The third kappa shape index (κ3) is 5.74. The van der Waals surface area contributed by atoms with E-state index in [0.29, 0.717) is 23.5 Å². The van der Waals surface area contributed by atoms with Crippen molar-refractivity contribution in [3.05, 3.63) is 58.7 Å². The first-order valence-corrected chi connectivity index (χ1v) is 8.64. The van der Waals surface area contributed by atoms with Gasteiger partial charge in [-0.2, -0.15) is 0 Å². The SMILES string of the molecule is COc1cc(CCC(=O)NC(C(=O)O)c2cc(C)cc(C)c2)cc(OC)c1. The van der Waals surface area contributed by atoms with E-state index in [2.05, 4.69) is 5.32 Å². The van der Waals surface area contributed by atoms with Crippen LogP contribution in [0.5, 0.6) is 11.5 Å². The van der Waals surface area contributed by atoms with Gasteiger partial charge in [-0.15, -0.1) is 0 Å².